The predicted octanol–water partition coefficient (Wildman–Crippen LogP) is 4.63. The van der Waals surface area contributed by atoms with Gasteiger partial charge in [-0.2, -0.15) is 0 Å². The molecule has 1 aliphatic heterocycles. The molecule has 1 aliphatic rings. The molecule has 0 unspecified atom stereocenters. The molecule has 0 radical (unpaired) electrons. The summed E-state index contributed by atoms with van der Waals surface area (Å²) in [5.74, 6) is 0.275. The highest BCUT2D eigenvalue weighted by Crippen LogP contribution is 2.21. The summed E-state index contributed by atoms with van der Waals surface area (Å²) in [6, 6.07) is 15.3. The molecule has 1 amide bonds. The predicted molar refractivity (Wildman–Crippen MR) is 124 cm³/mol. The normalized spacial score (nSPS) is 14.2. The second-order valence-electron chi connectivity index (χ2n) is 8.01. The monoisotopic (exact) mass is 433 g/mol. The van der Waals surface area contributed by atoms with E-state index in [9.17, 15) is 9.18 Å². The van der Waals surface area contributed by atoms with Gasteiger partial charge in [0.15, 0.2) is 0 Å². The maximum absolute atomic E-state index is 13.1. The number of hydrogen-bond acceptors (Lipinski definition) is 5. The quantitative estimate of drug-likeness (QED) is 0.507. The van der Waals surface area contributed by atoms with E-state index in [0.717, 1.165) is 24.2 Å². The molecular formula is C25H28FN5O. The minimum absolute atomic E-state index is 0.0594. The van der Waals surface area contributed by atoms with Crippen molar-refractivity contribution in [3.8, 4) is 11.3 Å². The number of likely N-dealkylation sites (tertiary alicyclic amines) is 1. The Bertz CT molecular complexity index is 1020. The van der Waals surface area contributed by atoms with Crippen molar-refractivity contribution in [2.24, 2.45) is 0 Å². The van der Waals surface area contributed by atoms with E-state index in [4.69, 9.17) is 0 Å². The minimum Gasteiger partial charge on any atom is -0.352 e. The van der Waals surface area contributed by atoms with E-state index in [1.165, 1.54) is 50.8 Å². The Labute approximate surface area is 187 Å². The van der Waals surface area contributed by atoms with Crippen LogP contribution >= 0.6 is 0 Å². The number of amides is 1. The Morgan fingerprint density at radius 3 is 2.47 bits per heavy atom. The first-order valence-electron chi connectivity index (χ1n) is 11.1. The number of aromatic nitrogens is 2. The minimum atomic E-state index is -0.285. The average molecular weight is 434 g/mol. The first-order valence-corrected chi connectivity index (χ1v) is 11.1. The van der Waals surface area contributed by atoms with Crippen LogP contribution in [-0.4, -0.2) is 47.0 Å². The summed E-state index contributed by atoms with van der Waals surface area (Å²) in [6.07, 6.45) is 6.34. The van der Waals surface area contributed by atoms with Crippen molar-refractivity contribution >= 4 is 17.4 Å². The molecule has 2 aromatic carbocycles. The third kappa shape index (κ3) is 6.11. The Balaban J connectivity index is 1.28. The number of halogens is 1. The molecule has 32 heavy (non-hydrogen) atoms. The number of piperidine rings is 1. The van der Waals surface area contributed by atoms with Crippen LogP contribution in [0.15, 0.2) is 60.9 Å². The van der Waals surface area contributed by atoms with E-state index in [0.29, 0.717) is 23.6 Å². The number of hydrogen-bond donors (Lipinski definition) is 2. The number of benzene rings is 2. The molecule has 0 bridgehead atoms. The fraction of sp³-hybridized carbons (Fsp3) is 0.320. The first-order chi connectivity index (χ1) is 15.7. The van der Waals surface area contributed by atoms with E-state index >= 15 is 0 Å². The van der Waals surface area contributed by atoms with Crippen molar-refractivity contribution in [2.75, 3.05) is 31.5 Å². The molecule has 4 rings (SSSR count). The van der Waals surface area contributed by atoms with Crippen LogP contribution in [0.3, 0.4) is 0 Å². The standard InChI is InChI=1S/C25H28FN5O/c26-21-9-5-19(6-10-21)23-17-24(29-18-28-23)30-22-11-7-20(8-12-22)25(32)27-13-4-16-31-14-2-1-3-15-31/h5-12,17-18H,1-4,13-16H2,(H,27,32)(H,28,29,30). The van der Waals surface area contributed by atoms with Gasteiger partial charge >= 0.3 is 0 Å². The third-order valence-electron chi connectivity index (χ3n) is 5.61. The molecule has 0 spiro atoms. The number of rotatable bonds is 8. The van der Waals surface area contributed by atoms with Gasteiger partial charge in [0.1, 0.15) is 18.0 Å². The summed E-state index contributed by atoms with van der Waals surface area (Å²) in [5, 5.41) is 6.22. The van der Waals surface area contributed by atoms with E-state index < -0.39 is 0 Å². The lowest BCUT2D eigenvalue weighted by Crippen LogP contribution is -2.33. The van der Waals surface area contributed by atoms with Crippen LogP contribution in [0.1, 0.15) is 36.0 Å². The SMILES string of the molecule is O=C(NCCCN1CCCCC1)c1ccc(Nc2cc(-c3ccc(F)cc3)ncn2)cc1. The highest BCUT2D eigenvalue weighted by molar-refractivity contribution is 5.94. The molecule has 1 aromatic heterocycles. The molecule has 0 saturated carbocycles. The topological polar surface area (TPSA) is 70.2 Å². The summed E-state index contributed by atoms with van der Waals surface area (Å²) in [4.78, 5) is 23.4. The van der Waals surface area contributed by atoms with Crippen LogP contribution in [0.2, 0.25) is 0 Å². The molecule has 0 atom stereocenters. The van der Waals surface area contributed by atoms with E-state index in [-0.39, 0.29) is 11.7 Å². The highest BCUT2D eigenvalue weighted by Gasteiger charge is 2.10. The Morgan fingerprint density at radius 1 is 0.969 bits per heavy atom. The first kappa shape index (κ1) is 21.9. The lowest BCUT2D eigenvalue weighted by Gasteiger charge is -2.26. The summed E-state index contributed by atoms with van der Waals surface area (Å²) in [5.41, 5.74) is 2.95. The number of carbonyl (C=O) groups excluding carboxylic acids is 1. The Hall–Kier alpha value is -3.32. The van der Waals surface area contributed by atoms with E-state index in [1.54, 1.807) is 30.3 Å². The lowest BCUT2D eigenvalue weighted by molar-refractivity contribution is 0.0951. The Morgan fingerprint density at radius 2 is 1.72 bits per heavy atom. The van der Waals surface area contributed by atoms with Gasteiger partial charge in [0.05, 0.1) is 5.69 Å². The van der Waals surface area contributed by atoms with Crippen molar-refractivity contribution in [1.29, 1.82) is 0 Å². The van der Waals surface area contributed by atoms with Crippen LogP contribution in [-0.2, 0) is 0 Å². The zero-order valence-electron chi connectivity index (χ0n) is 18.1. The number of nitrogens with zero attached hydrogens (tertiary/aromatic N) is 3. The van der Waals surface area contributed by atoms with Crippen LogP contribution in [0.5, 0.6) is 0 Å². The molecule has 0 aliphatic carbocycles. The fourth-order valence-electron chi connectivity index (χ4n) is 3.85. The van der Waals surface area contributed by atoms with Gasteiger partial charge in [-0.15, -0.1) is 0 Å². The van der Waals surface area contributed by atoms with Crippen LogP contribution < -0.4 is 10.6 Å². The van der Waals surface area contributed by atoms with Gasteiger partial charge in [-0.1, -0.05) is 6.42 Å². The van der Waals surface area contributed by atoms with Crippen molar-refractivity contribution in [3.05, 3.63) is 72.3 Å². The van der Waals surface area contributed by atoms with Crippen molar-refractivity contribution < 1.29 is 9.18 Å². The number of carbonyl (C=O) groups is 1. The van der Waals surface area contributed by atoms with E-state index in [2.05, 4.69) is 25.5 Å². The van der Waals surface area contributed by atoms with Gasteiger partial charge in [0.25, 0.3) is 5.91 Å². The van der Waals surface area contributed by atoms with Crippen molar-refractivity contribution in [2.45, 2.75) is 25.7 Å². The summed E-state index contributed by atoms with van der Waals surface area (Å²) in [6.45, 7) is 4.09. The fourth-order valence-corrected chi connectivity index (χ4v) is 3.85. The van der Waals surface area contributed by atoms with Gasteiger partial charge in [-0.25, -0.2) is 14.4 Å². The molecule has 1 saturated heterocycles. The maximum atomic E-state index is 13.1. The van der Waals surface area contributed by atoms with E-state index in [1.807, 2.05) is 12.1 Å². The highest BCUT2D eigenvalue weighted by atomic mass is 19.1. The summed E-state index contributed by atoms with van der Waals surface area (Å²) >= 11 is 0. The smallest absolute Gasteiger partial charge is 0.251 e. The number of anilines is 2. The van der Waals surface area contributed by atoms with Crippen LogP contribution in [0.4, 0.5) is 15.9 Å². The van der Waals surface area contributed by atoms with Crippen LogP contribution in [0, 0.1) is 5.82 Å². The van der Waals surface area contributed by atoms with Gasteiger partial charge in [0, 0.05) is 29.4 Å². The lowest BCUT2D eigenvalue weighted by atomic mass is 10.1. The molecule has 7 heteroatoms. The third-order valence-corrected chi connectivity index (χ3v) is 5.61. The van der Waals surface area contributed by atoms with Gasteiger partial charge < -0.3 is 15.5 Å². The zero-order valence-corrected chi connectivity index (χ0v) is 18.1. The zero-order chi connectivity index (χ0) is 22.2. The molecule has 2 N–H and O–H groups in total. The second-order valence-corrected chi connectivity index (χ2v) is 8.01. The molecule has 2 heterocycles. The van der Waals surface area contributed by atoms with Crippen molar-refractivity contribution in [1.82, 2.24) is 20.2 Å². The molecule has 1 fully saturated rings. The molecule has 3 aromatic rings. The second kappa shape index (κ2) is 10.8. The van der Waals surface area contributed by atoms with Crippen LogP contribution in [0.25, 0.3) is 11.3 Å². The van der Waals surface area contributed by atoms with Gasteiger partial charge in [-0.3, -0.25) is 4.79 Å². The average Bonchev–Trinajstić information content (AvgIpc) is 2.83. The maximum Gasteiger partial charge on any atom is 0.251 e. The summed E-state index contributed by atoms with van der Waals surface area (Å²) in [7, 11) is 0. The summed E-state index contributed by atoms with van der Waals surface area (Å²) < 4.78 is 13.1. The largest absolute Gasteiger partial charge is 0.352 e. The van der Waals surface area contributed by atoms with Crippen molar-refractivity contribution in [3.63, 3.8) is 0 Å². The Kier molecular flexibility index (Phi) is 7.40. The van der Waals surface area contributed by atoms with Gasteiger partial charge in [-0.05, 0) is 87.4 Å². The molecule has 166 valence electrons. The van der Waals surface area contributed by atoms with Gasteiger partial charge in [0.2, 0.25) is 0 Å². The molecular weight excluding hydrogens is 405 g/mol. The number of nitrogens with one attached hydrogen (secondary N) is 2. The molecule has 6 nitrogen and oxygen atoms in total.